The summed E-state index contributed by atoms with van der Waals surface area (Å²) >= 11 is 0. The minimum atomic E-state index is -0.991. The van der Waals surface area contributed by atoms with Gasteiger partial charge >= 0.3 is 5.97 Å². The van der Waals surface area contributed by atoms with Crippen LogP contribution in [0.3, 0.4) is 0 Å². The molecule has 1 saturated heterocycles. The molecule has 0 bridgehead atoms. The molecule has 1 fully saturated rings. The van der Waals surface area contributed by atoms with Gasteiger partial charge in [-0.3, -0.25) is 14.4 Å². The molecule has 136 valence electrons. The van der Waals surface area contributed by atoms with E-state index in [1.807, 2.05) is 0 Å². The Labute approximate surface area is 144 Å². The molecule has 1 unspecified atom stereocenters. The van der Waals surface area contributed by atoms with Gasteiger partial charge in [0.25, 0.3) is 0 Å². The SMILES string of the molecule is COC(=O)CN(C)C(=O)CC1CCC(=O)N1Cc1cccc(F)c1F. The number of esters is 1. The normalized spacial score (nSPS) is 16.9. The summed E-state index contributed by atoms with van der Waals surface area (Å²) in [5, 5.41) is 0. The second-order valence-corrected chi connectivity index (χ2v) is 5.96. The molecule has 1 atom stereocenters. The lowest BCUT2D eigenvalue weighted by atomic mass is 10.1. The molecule has 1 aliphatic rings. The van der Waals surface area contributed by atoms with Crippen molar-refractivity contribution in [2.24, 2.45) is 0 Å². The lowest BCUT2D eigenvalue weighted by Crippen LogP contribution is -2.39. The molecular formula is C17H20F2N2O4. The van der Waals surface area contributed by atoms with E-state index in [0.717, 1.165) is 6.07 Å². The van der Waals surface area contributed by atoms with Crippen molar-refractivity contribution in [3.8, 4) is 0 Å². The van der Waals surface area contributed by atoms with Gasteiger partial charge in [-0.25, -0.2) is 8.78 Å². The average molecular weight is 354 g/mol. The number of likely N-dealkylation sites (tertiary alicyclic amines) is 1. The lowest BCUT2D eigenvalue weighted by Gasteiger charge is -2.26. The van der Waals surface area contributed by atoms with Crippen LogP contribution in [0.1, 0.15) is 24.8 Å². The summed E-state index contributed by atoms with van der Waals surface area (Å²) in [6.45, 7) is -0.282. The predicted octanol–water partition coefficient (Wildman–Crippen LogP) is 1.48. The van der Waals surface area contributed by atoms with Gasteiger partial charge in [0.2, 0.25) is 11.8 Å². The van der Waals surface area contributed by atoms with Crippen molar-refractivity contribution < 1.29 is 27.9 Å². The number of rotatable bonds is 6. The molecule has 1 aliphatic heterocycles. The van der Waals surface area contributed by atoms with Crippen molar-refractivity contribution in [3.05, 3.63) is 35.4 Å². The largest absolute Gasteiger partial charge is 0.468 e. The molecule has 1 aromatic rings. The summed E-state index contributed by atoms with van der Waals surface area (Å²) in [4.78, 5) is 38.1. The second-order valence-electron chi connectivity index (χ2n) is 5.96. The van der Waals surface area contributed by atoms with Crippen molar-refractivity contribution in [1.82, 2.24) is 9.80 Å². The van der Waals surface area contributed by atoms with E-state index in [2.05, 4.69) is 4.74 Å². The molecule has 0 saturated carbocycles. The molecule has 1 aromatic carbocycles. The van der Waals surface area contributed by atoms with Gasteiger partial charge in [0.1, 0.15) is 6.54 Å². The van der Waals surface area contributed by atoms with Gasteiger partial charge in [0.15, 0.2) is 11.6 Å². The second kappa shape index (κ2) is 8.04. The maximum Gasteiger partial charge on any atom is 0.325 e. The molecule has 1 heterocycles. The molecule has 8 heteroatoms. The first-order valence-electron chi connectivity index (χ1n) is 7.86. The van der Waals surface area contributed by atoms with Crippen LogP contribution >= 0.6 is 0 Å². The summed E-state index contributed by atoms with van der Waals surface area (Å²) in [6.07, 6.45) is 0.708. The van der Waals surface area contributed by atoms with Crippen LogP contribution in [0.2, 0.25) is 0 Å². The number of hydrogen-bond donors (Lipinski definition) is 0. The maximum absolute atomic E-state index is 13.8. The Balaban J connectivity index is 2.05. The van der Waals surface area contributed by atoms with Crippen LogP contribution in [0, 0.1) is 11.6 Å². The fourth-order valence-electron chi connectivity index (χ4n) is 2.78. The summed E-state index contributed by atoms with van der Waals surface area (Å²) in [5.74, 6) is -3.05. The van der Waals surface area contributed by atoms with E-state index >= 15 is 0 Å². The van der Waals surface area contributed by atoms with E-state index in [4.69, 9.17) is 0 Å². The fraction of sp³-hybridized carbons (Fsp3) is 0.471. The van der Waals surface area contributed by atoms with Gasteiger partial charge in [-0.15, -0.1) is 0 Å². The van der Waals surface area contributed by atoms with Crippen LogP contribution < -0.4 is 0 Å². The highest BCUT2D eigenvalue weighted by Gasteiger charge is 2.33. The van der Waals surface area contributed by atoms with Crippen LogP contribution in [0.4, 0.5) is 8.78 Å². The zero-order chi connectivity index (χ0) is 18.6. The Morgan fingerprint density at radius 1 is 1.36 bits per heavy atom. The number of halogens is 2. The summed E-state index contributed by atoms with van der Waals surface area (Å²) < 4.78 is 31.7. The minimum absolute atomic E-state index is 0.0101. The molecule has 6 nitrogen and oxygen atoms in total. The summed E-state index contributed by atoms with van der Waals surface area (Å²) in [7, 11) is 2.69. The van der Waals surface area contributed by atoms with Crippen molar-refractivity contribution >= 4 is 17.8 Å². The fourth-order valence-corrected chi connectivity index (χ4v) is 2.78. The first-order valence-corrected chi connectivity index (χ1v) is 7.86. The van der Waals surface area contributed by atoms with E-state index < -0.39 is 23.6 Å². The quantitative estimate of drug-likeness (QED) is 0.726. The zero-order valence-electron chi connectivity index (χ0n) is 14.1. The Kier molecular flexibility index (Phi) is 6.06. The molecule has 2 amide bonds. The highest BCUT2D eigenvalue weighted by atomic mass is 19.2. The lowest BCUT2D eigenvalue weighted by molar-refractivity contribution is -0.146. The number of amides is 2. The van der Waals surface area contributed by atoms with Crippen LogP contribution in [0.5, 0.6) is 0 Å². The number of carbonyl (C=O) groups excluding carboxylic acids is 3. The van der Waals surface area contributed by atoms with Crippen molar-refractivity contribution in [3.63, 3.8) is 0 Å². The van der Waals surface area contributed by atoms with E-state index in [-0.39, 0.29) is 43.3 Å². The van der Waals surface area contributed by atoms with Gasteiger partial charge in [0.05, 0.1) is 7.11 Å². The molecule has 0 aromatic heterocycles. The Morgan fingerprint density at radius 3 is 2.76 bits per heavy atom. The Morgan fingerprint density at radius 2 is 2.08 bits per heavy atom. The highest BCUT2D eigenvalue weighted by molar-refractivity contribution is 5.84. The van der Waals surface area contributed by atoms with Crippen molar-refractivity contribution in [2.45, 2.75) is 31.8 Å². The number of benzene rings is 1. The van der Waals surface area contributed by atoms with Gasteiger partial charge in [-0.05, 0) is 12.5 Å². The monoisotopic (exact) mass is 354 g/mol. The van der Waals surface area contributed by atoms with Crippen LogP contribution in [0.25, 0.3) is 0 Å². The average Bonchev–Trinajstić information content (AvgIpc) is 2.91. The van der Waals surface area contributed by atoms with E-state index in [1.54, 1.807) is 0 Å². The van der Waals surface area contributed by atoms with Crippen LogP contribution in [0.15, 0.2) is 18.2 Å². The van der Waals surface area contributed by atoms with E-state index in [9.17, 15) is 23.2 Å². The first kappa shape index (κ1) is 18.8. The molecule has 25 heavy (non-hydrogen) atoms. The maximum atomic E-state index is 13.8. The standard InChI is InChI=1S/C17H20F2N2O4/c1-20(10-16(24)25-2)15(23)8-12-6-7-14(22)21(12)9-11-4-3-5-13(18)17(11)19/h3-5,12H,6-10H2,1-2H3. The Hall–Kier alpha value is -2.51. The summed E-state index contributed by atoms with van der Waals surface area (Å²) in [5.41, 5.74) is 0.0654. The number of hydrogen-bond acceptors (Lipinski definition) is 4. The van der Waals surface area contributed by atoms with E-state index in [1.165, 1.54) is 36.1 Å². The number of carbonyl (C=O) groups is 3. The van der Waals surface area contributed by atoms with Crippen LogP contribution in [-0.2, 0) is 25.7 Å². The molecule has 0 radical (unpaired) electrons. The van der Waals surface area contributed by atoms with Crippen LogP contribution in [-0.4, -0.2) is 54.3 Å². The molecule has 2 rings (SSSR count). The molecular weight excluding hydrogens is 334 g/mol. The Bertz CT molecular complexity index is 681. The third kappa shape index (κ3) is 4.52. The third-order valence-electron chi connectivity index (χ3n) is 4.25. The number of likely N-dealkylation sites (N-methyl/N-ethyl adjacent to an activating group) is 1. The number of ether oxygens (including phenoxy) is 1. The highest BCUT2D eigenvalue weighted by Crippen LogP contribution is 2.25. The summed E-state index contributed by atoms with van der Waals surface area (Å²) in [6, 6.07) is 3.38. The number of nitrogens with zero attached hydrogens (tertiary/aromatic N) is 2. The van der Waals surface area contributed by atoms with Gasteiger partial charge in [0, 0.05) is 38.0 Å². The number of methoxy groups -OCH3 is 1. The topological polar surface area (TPSA) is 66.9 Å². The molecule has 0 spiro atoms. The zero-order valence-corrected chi connectivity index (χ0v) is 14.1. The van der Waals surface area contributed by atoms with Crippen molar-refractivity contribution in [1.29, 1.82) is 0 Å². The molecule has 0 aliphatic carbocycles. The van der Waals surface area contributed by atoms with Crippen molar-refractivity contribution in [2.75, 3.05) is 20.7 Å². The smallest absolute Gasteiger partial charge is 0.325 e. The molecule has 0 N–H and O–H groups in total. The van der Waals surface area contributed by atoms with E-state index in [0.29, 0.717) is 6.42 Å². The van der Waals surface area contributed by atoms with Gasteiger partial charge in [-0.2, -0.15) is 0 Å². The van der Waals surface area contributed by atoms with Gasteiger partial charge in [-0.1, -0.05) is 12.1 Å². The van der Waals surface area contributed by atoms with Gasteiger partial charge < -0.3 is 14.5 Å². The third-order valence-corrected chi connectivity index (χ3v) is 4.25. The predicted molar refractivity (Wildman–Crippen MR) is 84.2 cm³/mol. The first-order chi connectivity index (χ1) is 11.8. The minimum Gasteiger partial charge on any atom is -0.468 e.